The van der Waals surface area contributed by atoms with Crippen LogP contribution in [0.25, 0.3) is 0 Å². The molecule has 1 aliphatic rings. The molecule has 0 heterocycles. The predicted octanol–water partition coefficient (Wildman–Crippen LogP) is 3.50. The second-order valence-corrected chi connectivity index (χ2v) is 6.66. The van der Waals surface area contributed by atoms with Crippen molar-refractivity contribution in [3.05, 3.63) is 34.6 Å². The zero-order valence-corrected chi connectivity index (χ0v) is 13.0. The molecule has 1 N–H and O–H groups in total. The van der Waals surface area contributed by atoms with Gasteiger partial charge in [-0.25, -0.2) is 4.39 Å². The minimum atomic E-state index is -0.825. The molecule has 2 rings (SSSR count). The third kappa shape index (κ3) is 3.72. The molecular formula is C16H23ClFNO. The van der Waals surface area contributed by atoms with E-state index in [4.69, 9.17) is 11.6 Å². The average molecular weight is 300 g/mol. The molecule has 0 aliphatic heterocycles. The van der Waals surface area contributed by atoms with Gasteiger partial charge in [0.1, 0.15) is 5.82 Å². The first kappa shape index (κ1) is 15.7. The summed E-state index contributed by atoms with van der Waals surface area (Å²) >= 11 is 5.94. The molecule has 0 bridgehead atoms. The standard InChI is InChI=1S/C16H23ClFNO/c1-19(2)11-13-5-3-4-8-16(13,20)10-12-9-14(17)6-7-15(12)18/h6-7,9,13,20H,3-5,8,10-11H2,1-2H3/t13-,16+/m1/s1. The van der Waals surface area contributed by atoms with Crippen LogP contribution in [0.4, 0.5) is 4.39 Å². The summed E-state index contributed by atoms with van der Waals surface area (Å²) in [6.07, 6.45) is 4.22. The molecule has 112 valence electrons. The molecule has 1 aromatic carbocycles. The maximum Gasteiger partial charge on any atom is 0.126 e. The molecule has 2 atom stereocenters. The highest BCUT2D eigenvalue weighted by Crippen LogP contribution is 2.37. The van der Waals surface area contributed by atoms with Crippen LogP contribution in [0.3, 0.4) is 0 Å². The van der Waals surface area contributed by atoms with Gasteiger partial charge in [-0.2, -0.15) is 0 Å². The smallest absolute Gasteiger partial charge is 0.126 e. The number of halogens is 2. The Morgan fingerprint density at radius 1 is 1.40 bits per heavy atom. The van der Waals surface area contributed by atoms with Gasteiger partial charge < -0.3 is 10.0 Å². The molecule has 0 amide bonds. The largest absolute Gasteiger partial charge is 0.389 e. The van der Waals surface area contributed by atoms with Crippen LogP contribution in [0.2, 0.25) is 5.02 Å². The molecule has 0 aromatic heterocycles. The van der Waals surface area contributed by atoms with Crippen LogP contribution in [0, 0.1) is 11.7 Å². The minimum Gasteiger partial charge on any atom is -0.389 e. The zero-order valence-electron chi connectivity index (χ0n) is 12.2. The van der Waals surface area contributed by atoms with Crippen molar-refractivity contribution in [2.45, 2.75) is 37.7 Å². The number of benzene rings is 1. The van der Waals surface area contributed by atoms with Crippen molar-refractivity contribution < 1.29 is 9.50 Å². The van der Waals surface area contributed by atoms with Gasteiger partial charge >= 0.3 is 0 Å². The number of nitrogens with zero attached hydrogens (tertiary/aromatic N) is 1. The highest BCUT2D eigenvalue weighted by molar-refractivity contribution is 6.30. The lowest BCUT2D eigenvalue weighted by molar-refractivity contribution is -0.0557. The molecule has 1 aliphatic carbocycles. The maximum absolute atomic E-state index is 13.9. The van der Waals surface area contributed by atoms with Crippen molar-refractivity contribution in [3.63, 3.8) is 0 Å². The molecule has 0 saturated heterocycles. The van der Waals surface area contributed by atoms with E-state index in [2.05, 4.69) is 4.90 Å². The summed E-state index contributed by atoms with van der Waals surface area (Å²) in [6, 6.07) is 4.56. The highest BCUT2D eigenvalue weighted by Gasteiger charge is 2.39. The molecule has 4 heteroatoms. The summed E-state index contributed by atoms with van der Waals surface area (Å²) in [7, 11) is 4.02. The van der Waals surface area contributed by atoms with E-state index in [0.29, 0.717) is 17.0 Å². The van der Waals surface area contributed by atoms with E-state index >= 15 is 0 Å². The van der Waals surface area contributed by atoms with Crippen LogP contribution in [0.1, 0.15) is 31.2 Å². The number of hydrogen-bond donors (Lipinski definition) is 1. The molecule has 1 saturated carbocycles. The first-order valence-corrected chi connectivity index (χ1v) is 7.59. The average Bonchev–Trinajstić information content (AvgIpc) is 2.36. The van der Waals surface area contributed by atoms with Gasteiger partial charge in [0.25, 0.3) is 0 Å². The zero-order chi connectivity index (χ0) is 14.8. The lowest BCUT2D eigenvalue weighted by atomic mass is 9.72. The van der Waals surface area contributed by atoms with E-state index in [9.17, 15) is 9.50 Å². The third-order valence-electron chi connectivity index (χ3n) is 4.26. The van der Waals surface area contributed by atoms with Crippen molar-refractivity contribution >= 4 is 11.6 Å². The lowest BCUT2D eigenvalue weighted by Crippen LogP contribution is -2.47. The van der Waals surface area contributed by atoms with Crippen molar-refractivity contribution in [1.29, 1.82) is 0 Å². The fraction of sp³-hybridized carbons (Fsp3) is 0.625. The molecular weight excluding hydrogens is 277 g/mol. The van der Waals surface area contributed by atoms with Crippen LogP contribution >= 0.6 is 11.6 Å². The van der Waals surface area contributed by atoms with Crippen molar-refractivity contribution in [2.24, 2.45) is 5.92 Å². The van der Waals surface area contributed by atoms with E-state index in [0.717, 1.165) is 32.2 Å². The molecule has 0 radical (unpaired) electrons. The van der Waals surface area contributed by atoms with Crippen LogP contribution in [0.5, 0.6) is 0 Å². The van der Waals surface area contributed by atoms with Crippen molar-refractivity contribution in [1.82, 2.24) is 4.90 Å². The summed E-state index contributed by atoms with van der Waals surface area (Å²) in [6.45, 7) is 0.832. The molecule has 1 fully saturated rings. The quantitative estimate of drug-likeness (QED) is 0.920. The Labute approximate surface area is 125 Å². The van der Waals surface area contributed by atoms with E-state index < -0.39 is 5.60 Å². The third-order valence-corrected chi connectivity index (χ3v) is 4.50. The van der Waals surface area contributed by atoms with Gasteiger partial charge in [0.2, 0.25) is 0 Å². The van der Waals surface area contributed by atoms with Gasteiger partial charge in [0, 0.05) is 23.9 Å². The fourth-order valence-electron chi connectivity index (χ4n) is 3.24. The fourth-order valence-corrected chi connectivity index (χ4v) is 3.43. The van der Waals surface area contributed by atoms with Crippen molar-refractivity contribution in [2.75, 3.05) is 20.6 Å². The predicted molar refractivity (Wildman–Crippen MR) is 80.6 cm³/mol. The molecule has 0 spiro atoms. The Balaban J connectivity index is 2.20. The molecule has 0 unspecified atom stereocenters. The topological polar surface area (TPSA) is 23.5 Å². The summed E-state index contributed by atoms with van der Waals surface area (Å²) < 4.78 is 13.9. The van der Waals surface area contributed by atoms with Gasteiger partial charge in [-0.1, -0.05) is 24.4 Å². The monoisotopic (exact) mass is 299 g/mol. The molecule has 2 nitrogen and oxygen atoms in total. The number of rotatable bonds is 4. The van der Waals surface area contributed by atoms with Crippen LogP contribution in [-0.4, -0.2) is 36.2 Å². The molecule has 20 heavy (non-hydrogen) atoms. The van der Waals surface area contributed by atoms with Crippen LogP contribution in [0.15, 0.2) is 18.2 Å². The molecule has 1 aromatic rings. The van der Waals surface area contributed by atoms with E-state index in [-0.39, 0.29) is 11.7 Å². The first-order valence-electron chi connectivity index (χ1n) is 7.22. The van der Waals surface area contributed by atoms with Crippen molar-refractivity contribution in [3.8, 4) is 0 Å². The van der Waals surface area contributed by atoms with Crippen LogP contribution in [-0.2, 0) is 6.42 Å². The van der Waals surface area contributed by atoms with Gasteiger partial charge in [0.15, 0.2) is 0 Å². The lowest BCUT2D eigenvalue weighted by Gasteiger charge is -2.41. The minimum absolute atomic E-state index is 0.185. The van der Waals surface area contributed by atoms with Crippen LogP contribution < -0.4 is 0 Å². The number of aliphatic hydroxyl groups is 1. The first-order chi connectivity index (χ1) is 9.40. The Bertz CT molecular complexity index is 466. The van der Waals surface area contributed by atoms with E-state index in [1.165, 1.54) is 6.07 Å². The van der Waals surface area contributed by atoms with Gasteiger partial charge in [-0.3, -0.25) is 0 Å². The summed E-state index contributed by atoms with van der Waals surface area (Å²) in [5.74, 6) is -0.0957. The Hall–Kier alpha value is -0.640. The maximum atomic E-state index is 13.9. The number of hydrogen-bond acceptors (Lipinski definition) is 2. The second kappa shape index (κ2) is 6.42. The SMILES string of the molecule is CN(C)C[C@H]1CCCC[C@]1(O)Cc1cc(Cl)ccc1F. The highest BCUT2D eigenvalue weighted by atomic mass is 35.5. The van der Waals surface area contributed by atoms with E-state index in [1.54, 1.807) is 12.1 Å². The normalized spacial score (nSPS) is 27.0. The Kier molecular flexibility index (Phi) is 5.05. The summed E-state index contributed by atoms with van der Waals surface area (Å²) in [5.41, 5.74) is -0.306. The Morgan fingerprint density at radius 2 is 2.15 bits per heavy atom. The Morgan fingerprint density at radius 3 is 2.85 bits per heavy atom. The van der Waals surface area contributed by atoms with Gasteiger partial charge in [-0.05, 0) is 50.7 Å². The van der Waals surface area contributed by atoms with E-state index in [1.807, 2.05) is 14.1 Å². The second-order valence-electron chi connectivity index (χ2n) is 6.22. The summed E-state index contributed by atoms with van der Waals surface area (Å²) in [4.78, 5) is 2.09. The van der Waals surface area contributed by atoms with Gasteiger partial charge in [-0.15, -0.1) is 0 Å². The summed E-state index contributed by atoms with van der Waals surface area (Å²) in [5, 5.41) is 11.5. The van der Waals surface area contributed by atoms with Gasteiger partial charge in [0.05, 0.1) is 5.60 Å².